The number of benzene rings is 2. The highest BCUT2D eigenvalue weighted by Crippen LogP contribution is 2.32. The molecule has 6 nitrogen and oxygen atoms in total. The number of hydrogen-bond acceptors (Lipinski definition) is 4. The number of pyridine rings is 1. The first-order valence-electron chi connectivity index (χ1n) is 9.18. The van der Waals surface area contributed by atoms with Gasteiger partial charge in [0.25, 0.3) is 5.91 Å². The van der Waals surface area contributed by atoms with Crippen LogP contribution in [0.15, 0.2) is 79.3 Å². The van der Waals surface area contributed by atoms with Crippen molar-refractivity contribution in [2.24, 2.45) is 0 Å². The van der Waals surface area contributed by atoms with Gasteiger partial charge in [0.05, 0.1) is 30.2 Å². The molecule has 29 heavy (non-hydrogen) atoms. The van der Waals surface area contributed by atoms with E-state index in [4.69, 9.17) is 9.84 Å². The minimum Gasteiger partial charge on any atom is -0.496 e. The fourth-order valence-electron chi connectivity index (χ4n) is 3.08. The molecule has 2 aromatic heterocycles. The maximum Gasteiger partial charge on any atom is 0.259 e. The highest BCUT2D eigenvalue weighted by Gasteiger charge is 2.21. The van der Waals surface area contributed by atoms with Crippen molar-refractivity contribution in [1.82, 2.24) is 14.8 Å². The Morgan fingerprint density at radius 3 is 2.55 bits per heavy atom. The number of nitrogens with zero attached hydrogens (tertiary/aromatic N) is 3. The molecule has 0 radical (unpaired) electrons. The third kappa shape index (κ3) is 3.73. The van der Waals surface area contributed by atoms with Gasteiger partial charge >= 0.3 is 0 Å². The minimum atomic E-state index is -0.260. The number of rotatable bonds is 5. The van der Waals surface area contributed by atoms with Gasteiger partial charge in [-0.15, -0.1) is 0 Å². The number of anilines is 1. The zero-order valence-corrected chi connectivity index (χ0v) is 16.2. The lowest BCUT2D eigenvalue weighted by atomic mass is 10.1. The normalized spacial score (nSPS) is 10.6. The predicted molar refractivity (Wildman–Crippen MR) is 112 cm³/mol. The van der Waals surface area contributed by atoms with Crippen LogP contribution >= 0.6 is 0 Å². The number of ether oxygens (including phenoxy) is 1. The summed E-state index contributed by atoms with van der Waals surface area (Å²) in [5.41, 5.74) is 4.20. The molecule has 0 spiro atoms. The van der Waals surface area contributed by atoms with E-state index in [0.717, 1.165) is 16.8 Å². The Morgan fingerprint density at radius 1 is 1.03 bits per heavy atom. The maximum atomic E-state index is 13.2. The monoisotopic (exact) mass is 384 g/mol. The zero-order valence-electron chi connectivity index (χ0n) is 16.2. The van der Waals surface area contributed by atoms with Crippen LogP contribution in [0.4, 0.5) is 5.69 Å². The van der Waals surface area contributed by atoms with Crippen LogP contribution in [-0.4, -0.2) is 27.8 Å². The van der Waals surface area contributed by atoms with Crippen LogP contribution in [-0.2, 0) is 0 Å². The second-order valence-electron chi connectivity index (χ2n) is 6.52. The van der Waals surface area contributed by atoms with E-state index in [2.05, 4.69) is 10.3 Å². The van der Waals surface area contributed by atoms with Gasteiger partial charge in [-0.25, -0.2) is 4.68 Å². The molecule has 0 bridgehead atoms. The summed E-state index contributed by atoms with van der Waals surface area (Å²) in [6, 6.07) is 19.0. The molecule has 144 valence electrons. The number of carbonyl (C=O) groups is 1. The second-order valence-corrected chi connectivity index (χ2v) is 6.52. The Morgan fingerprint density at radius 2 is 1.79 bits per heavy atom. The number of para-hydroxylation sites is 2. The average molecular weight is 384 g/mol. The maximum absolute atomic E-state index is 13.2. The van der Waals surface area contributed by atoms with E-state index in [1.165, 1.54) is 0 Å². The van der Waals surface area contributed by atoms with Crippen molar-refractivity contribution < 1.29 is 9.53 Å². The first-order chi connectivity index (χ1) is 14.2. The molecule has 0 aliphatic heterocycles. The van der Waals surface area contributed by atoms with Crippen LogP contribution in [0.3, 0.4) is 0 Å². The van der Waals surface area contributed by atoms with Gasteiger partial charge in [-0.3, -0.25) is 9.78 Å². The molecule has 0 saturated carbocycles. The lowest BCUT2D eigenvalue weighted by molar-refractivity contribution is 0.102. The average Bonchev–Trinajstić information content (AvgIpc) is 3.21. The van der Waals surface area contributed by atoms with Gasteiger partial charge in [-0.05, 0) is 42.8 Å². The number of carbonyl (C=O) groups excluding carboxylic acids is 1. The van der Waals surface area contributed by atoms with Crippen LogP contribution in [0.2, 0.25) is 0 Å². The molecule has 0 atom stereocenters. The third-order valence-electron chi connectivity index (χ3n) is 4.63. The molecule has 0 aliphatic rings. The molecule has 2 aromatic carbocycles. The molecular weight excluding hydrogens is 364 g/mol. The van der Waals surface area contributed by atoms with Crippen molar-refractivity contribution in [3.63, 3.8) is 0 Å². The fourth-order valence-corrected chi connectivity index (χ4v) is 3.08. The van der Waals surface area contributed by atoms with Gasteiger partial charge in [0.1, 0.15) is 11.4 Å². The predicted octanol–water partition coefficient (Wildman–Crippen LogP) is 4.50. The topological polar surface area (TPSA) is 69.0 Å². The van der Waals surface area contributed by atoms with Crippen LogP contribution in [0.25, 0.3) is 16.9 Å². The Balaban J connectivity index is 1.82. The first-order valence-corrected chi connectivity index (χ1v) is 9.18. The lowest BCUT2D eigenvalue weighted by Gasteiger charge is -2.09. The third-order valence-corrected chi connectivity index (χ3v) is 4.63. The molecule has 1 amide bonds. The van der Waals surface area contributed by atoms with Crippen molar-refractivity contribution in [2.75, 3.05) is 12.4 Å². The molecule has 4 rings (SSSR count). The molecule has 0 aliphatic carbocycles. The highest BCUT2D eigenvalue weighted by molar-refractivity contribution is 6.08. The second kappa shape index (κ2) is 7.98. The summed E-state index contributed by atoms with van der Waals surface area (Å²) in [7, 11) is 1.60. The highest BCUT2D eigenvalue weighted by atomic mass is 16.5. The molecule has 1 N–H and O–H groups in total. The summed E-state index contributed by atoms with van der Waals surface area (Å²) < 4.78 is 7.20. The van der Waals surface area contributed by atoms with Gasteiger partial charge in [-0.1, -0.05) is 30.3 Å². The number of aromatic nitrogens is 3. The number of nitrogens with one attached hydrogen (secondary N) is 1. The number of methoxy groups -OCH3 is 1. The first kappa shape index (κ1) is 18.4. The number of aryl methyl sites for hydroxylation is 1. The van der Waals surface area contributed by atoms with E-state index in [0.29, 0.717) is 22.7 Å². The van der Waals surface area contributed by atoms with Gasteiger partial charge in [0.15, 0.2) is 0 Å². The van der Waals surface area contributed by atoms with Crippen molar-refractivity contribution in [2.45, 2.75) is 6.92 Å². The van der Waals surface area contributed by atoms with E-state index in [-0.39, 0.29) is 5.91 Å². The van der Waals surface area contributed by atoms with Crippen LogP contribution in [0.1, 0.15) is 15.9 Å². The molecule has 0 fully saturated rings. The van der Waals surface area contributed by atoms with E-state index in [1.54, 1.807) is 30.4 Å². The molecule has 0 unspecified atom stereocenters. The van der Waals surface area contributed by atoms with E-state index >= 15 is 0 Å². The summed E-state index contributed by atoms with van der Waals surface area (Å²) in [4.78, 5) is 17.3. The quantitative estimate of drug-likeness (QED) is 0.550. The van der Waals surface area contributed by atoms with Crippen LogP contribution < -0.4 is 10.1 Å². The minimum absolute atomic E-state index is 0.260. The summed E-state index contributed by atoms with van der Waals surface area (Å²) in [6.07, 6.45) is 5.06. The molecular formula is C23H20N4O2. The fraction of sp³-hybridized carbons (Fsp3) is 0.0870. The summed E-state index contributed by atoms with van der Waals surface area (Å²) in [5.74, 6) is 0.390. The molecule has 2 heterocycles. The van der Waals surface area contributed by atoms with Gasteiger partial charge in [0.2, 0.25) is 0 Å². The standard InChI is InChI=1S/C23H20N4O2/c1-16-12-13-24-14-20(16)25-23(28)19-15-27(17-8-4-3-5-9-17)26-22(19)18-10-6-7-11-21(18)29-2/h3-15H,1-2H3,(H,25,28). The van der Waals surface area contributed by atoms with Gasteiger partial charge in [-0.2, -0.15) is 5.10 Å². The van der Waals surface area contributed by atoms with Crippen molar-refractivity contribution in [1.29, 1.82) is 0 Å². The van der Waals surface area contributed by atoms with E-state index in [9.17, 15) is 4.79 Å². The SMILES string of the molecule is COc1ccccc1-c1nn(-c2ccccc2)cc1C(=O)Nc1cnccc1C. The lowest BCUT2D eigenvalue weighted by Crippen LogP contribution is -2.13. The summed E-state index contributed by atoms with van der Waals surface area (Å²) in [6.45, 7) is 1.92. The number of hydrogen-bond donors (Lipinski definition) is 1. The smallest absolute Gasteiger partial charge is 0.259 e. The molecule has 0 saturated heterocycles. The Hall–Kier alpha value is -3.93. The Kier molecular flexibility index (Phi) is 5.07. The Bertz CT molecular complexity index is 1150. The zero-order chi connectivity index (χ0) is 20.2. The van der Waals surface area contributed by atoms with Crippen LogP contribution in [0, 0.1) is 6.92 Å². The van der Waals surface area contributed by atoms with Crippen LogP contribution in [0.5, 0.6) is 5.75 Å². The van der Waals surface area contributed by atoms with Gasteiger partial charge in [0, 0.05) is 18.0 Å². The Labute approximate surface area is 168 Å². The largest absolute Gasteiger partial charge is 0.496 e. The molecule has 4 aromatic rings. The van der Waals surface area contributed by atoms with E-state index in [1.807, 2.05) is 67.6 Å². The molecule has 6 heteroatoms. The van der Waals surface area contributed by atoms with Crippen molar-refractivity contribution in [3.8, 4) is 22.7 Å². The summed E-state index contributed by atoms with van der Waals surface area (Å²) >= 11 is 0. The van der Waals surface area contributed by atoms with Crippen molar-refractivity contribution >= 4 is 11.6 Å². The van der Waals surface area contributed by atoms with Gasteiger partial charge < -0.3 is 10.1 Å². The van der Waals surface area contributed by atoms with E-state index < -0.39 is 0 Å². The summed E-state index contributed by atoms with van der Waals surface area (Å²) in [5, 5.41) is 7.65. The van der Waals surface area contributed by atoms with Crippen molar-refractivity contribution in [3.05, 3.63) is 90.4 Å². The number of amides is 1.